The van der Waals surface area contributed by atoms with Crippen molar-refractivity contribution in [1.29, 1.82) is 0 Å². The van der Waals surface area contributed by atoms with Crippen LogP contribution in [-0.2, 0) is 16.0 Å². The molecule has 0 bridgehead atoms. The van der Waals surface area contributed by atoms with Gasteiger partial charge in [-0.15, -0.1) is 0 Å². The van der Waals surface area contributed by atoms with Gasteiger partial charge in [-0.3, -0.25) is 4.79 Å². The van der Waals surface area contributed by atoms with Gasteiger partial charge in [0.05, 0.1) is 18.0 Å². The fourth-order valence-electron chi connectivity index (χ4n) is 2.91. The molecule has 0 saturated heterocycles. The highest BCUT2D eigenvalue weighted by atomic mass is 16.5. The molecule has 6 nitrogen and oxygen atoms in total. The van der Waals surface area contributed by atoms with Crippen molar-refractivity contribution < 1.29 is 14.3 Å². The van der Waals surface area contributed by atoms with Gasteiger partial charge in [0.15, 0.2) is 0 Å². The number of rotatable bonds is 4. The van der Waals surface area contributed by atoms with Crippen molar-refractivity contribution in [2.45, 2.75) is 27.2 Å². The maximum atomic E-state index is 12.8. The Morgan fingerprint density at radius 1 is 1.07 bits per heavy atom. The first kappa shape index (κ1) is 19.4. The molecule has 1 aliphatic heterocycles. The van der Waals surface area contributed by atoms with Crippen molar-refractivity contribution in [1.82, 2.24) is 5.32 Å². The molecule has 0 radical (unpaired) electrons. The second-order valence-corrected chi connectivity index (χ2v) is 6.33. The third kappa shape index (κ3) is 4.11. The Kier molecular flexibility index (Phi) is 5.89. The zero-order valence-electron chi connectivity index (χ0n) is 16.2. The van der Waals surface area contributed by atoms with Crippen LogP contribution in [0.1, 0.15) is 36.7 Å². The van der Waals surface area contributed by atoms with E-state index in [9.17, 15) is 9.59 Å². The standard InChI is InChI=1S/C22H23N3O3/c1-4-15-10-12-16(13-11-15)21(26)25-20-19(22(27)28-5-2)14(3)23-17-8-6-7-9-18(17)24-20/h6-13,23H,4-5H2,1-3H3,(H,24,25,26). The molecule has 6 heteroatoms. The molecule has 1 heterocycles. The Labute approximate surface area is 164 Å². The number of esters is 1. The van der Waals surface area contributed by atoms with E-state index in [2.05, 4.69) is 22.5 Å². The van der Waals surface area contributed by atoms with Crippen LogP contribution in [0.3, 0.4) is 0 Å². The van der Waals surface area contributed by atoms with Gasteiger partial charge in [0.1, 0.15) is 11.4 Å². The number of amidine groups is 1. The summed E-state index contributed by atoms with van der Waals surface area (Å²) in [4.78, 5) is 29.9. The van der Waals surface area contributed by atoms with Crippen molar-refractivity contribution in [2.24, 2.45) is 4.99 Å². The van der Waals surface area contributed by atoms with E-state index >= 15 is 0 Å². The Hall–Kier alpha value is -3.41. The number of ether oxygens (including phenoxy) is 1. The zero-order chi connectivity index (χ0) is 20.1. The van der Waals surface area contributed by atoms with E-state index in [4.69, 9.17) is 4.74 Å². The van der Waals surface area contributed by atoms with Crippen LogP contribution >= 0.6 is 0 Å². The number of fused-ring (bicyclic) bond motifs is 1. The highest BCUT2D eigenvalue weighted by molar-refractivity contribution is 6.25. The first-order chi connectivity index (χ1) is 13.5. The van der Waals surface area contributed by atoms with Gasteiger partial charge in [-0.05, 0) is 50.1 Å². The van der Waals surface area contributed by atoms with E-state index in [0.29, 0.717) is 16.9 Å². The van der Waals surface area contributed by atoms with E-state index in [1.54, 1.807) is 26.0 Å². The lowest BCUT2D eigenvalue weighted by Crippen LogP contribution is -2.35. The average molecular weight is 377 g/mol. The van der Waals surface area contributed by atoms with E-state index in [1.165, 1.54) is 0 Å². The molecular weight excluding hydrogens is 354 g/mol. The Morgan fingerprint density at radius 3 is 2.46 bits per heavy atom. The molecule has 0 fully saturated rings. The number of aryl methyl sites for hydroxylation is 1. The normalized spacial score (nSPS) is 13.0. The number of aliphatic imine (C=N–C) groups is 1. The SMILES string of the molecule is CCOC(=O)C1=C(C)Nc2ccccc2N=C1NC(=O)c1ccc(CC)cc1. The number of allylic oxidation sites excluding steroid dienone is 1. The van der Waals surface area contributed by atoms with E-state index < -0.39 is 5.97 Å². The minimum absolute atomic E-state index is 0.165. The number of amides is 1. The van der Waals surface area contributed by atoms with Crippen molar-refractivity contribution in [3.05, 3.63) is 70.9 Å². The Morgan fingerprint density at radius 2 is 1.79 bits per heavy atom. The summed E-state index contributed by atoms with van der Waals surface area (Å²) in [5.74, 6) is -0.714. The molecule has 28 heavy (non-hydrogen) atoms. The predicted octanol–water partition coefficient (Wildman–Crippen LogP) is 3.97. The maximum Gasteiger partial charge on any atom is 0.343 e. The topological polar surface area (TPSA) is 79.8 Å². The third-order valence-electron chi connectivity index (χ3n) is 4.41. The first-order valence-electron chi connectivity index (χ1n) is 9.26. The zero-order valence-corrected chi connectivity index (χ0v) is 16.2. The fraction of sp³-hybridized carbons (Fsp3) is 0.227. The summed E-state index contributed by atoms with van der Waals surface area (Å²) in [6.45, 7) is 5.77. The van der Waals surface area contributed by atoms with Crippen LogP contribution in [0.4, 0.5) is 11.4 Å². The molecule has 1 aliphatic rings. The number of carbonyl (C=O) groups excluding carboxylic acids is 2. The van der Waals surface area contributed by atoms with Crippen LogP contribution in [0, 0.1) is 0 Å². The monoisotopic (exact) mass is 377 g/mol. The average Bonchev–Trinajstić information content (AvgIpc) is 2.83. The lowest BCUT2D eigenvalue weighted by molar-refractivity contribution is -0.137. The molecule has 3 rings (SSSR count). The van der Waals surface area contributed by atoms with Gasteiger partial charge in [-0.1, -0.05) is 31.2 Å². The van der Waals surface area contributed by atoms with Crippen LogP contribution < -0.4 is 10.6 Å². The lowest BCUT2D eigenvalue weighted by Gasteiger charge is -2.13. The van der Waals surface area contributed by atoms with Gasteiger partial charge < -0.3 is 15.4 Å². The minimum atomic E-state index is -0.541. The van der Waals surface area contributed by atoms with Crippen LogP contribution in [0.2, 0.25) is 0 Å². The van der Waals surface area contributed by atoms with Gasteiger partial charge in [-0.2, -0.15) is 0 Å². The van der Waals surface area contributed by atoms with Gasteiger partial charge in [0.25, 0.3) is 5.91 Å². The summed E-state index contributed by atoms with van der Waals surface area (Å²) >= 11 is 0. The largest absolute Gasteiger partial charge is 0.462 e. The molecule has 2 N–H and O–H groups in total. The molecule has 0 saturated carbocycles. The molecule has 0 atom stereocenters. The number of hydrogen-bond acceptors (Lipinski definition) is 5. The Bertz CT molecular complexity index is 959. The Balaban J connectivity index is 1.99. The summed E-state index contributed by atoms with van der Waals surface area (Å²) in [7, 11) is 0. The predicted molar refractivity (Wildman–Crippen MR) is 110 cm³/mol. The highest BCUT2D eigenvalue weighted by Gasteiger charge is 2.26. The molecule has 2 aromatic rings. The summed E-state index contributed by atoms with van der Waals surface area (Å²) in [6.07, 6.45) is 0.895. The minimum Gasteiger partial charge on any atom is -0.462 e. The third-order valence-corrected chi connectivity index (χ3v) is 4.41. The van der Waals surface area contributed by atoms with Gasteiger partial charge in [0, 0.05) is 11.3 Å². The number of hydrogen-bond donors (Lipinski definition) is 2. The summed E-state index contributed by atoms with van der Waals surface area (Å²) in [6, 6.07) is 14.7. The maximum absolute atomic E-state index is 12.8. The van der Waals surface area contributed by atoms with Gasteiger partial charge >= 0.3 is 5.97 Å². The number of nitrogens with zero attached hydrogens (tertiary/aromatic N) is 1. The van der Waals surface area contributed by atoms with Crippen molar-refractivity contribution in [3.8, 4) is 0 Å². The molecule has 1 amide bonds. The second kappa shape index (κ2) is 8.52. The number of benzene rings is 2. The van der Waals surface area contributed by atoms with Crippen LogP contribution in [0.5, 0.6) is 0 Å². The smallest absolute Gasteiger partial charge is 0.343 e. The summed E-state index contributed by atoms with van der Waals surface area (Å²) < 4.78 is 5.19. The number of para-hydroxylation sites is 2. The van der Waals surface area contributed by atoms with Gasteiger partial charge in [-0.25, -0.2) is 9.79 Å². The molecule has 2 aromatic carbocycles. The van der Waals surface area contributed by atoms with Crippen molar-refractivity contribution >= 4 is 29.1 Å². The number of carbonyl (C=O) groups is 2. The van der Waals surface area contributed by atoms with E-state index in [-0.39, 0.29) is 23.9 Å². The summed E-state index contributed by atoms with van der Waals surface area (Å²) in [5.41, 5.74) is 3.77. The van der Waals surface area contributed by atoms with E-state index in [0.717, 1.165) is 17.7 Å². The van der Waals surface area contributed by atoms with Crippen molar-refractivity contribution in [3.63, 3.8) is 0 Å². The quantitative estimate of drug-likeness (QED) is 0.790. The van der Waals surface area contributed by atoms with E-state index in [1.807, 2.05) is 36.4 Å². The number of nitrogens with one attached hydrogen (secondary N) is 2. The van der Waals surface area contributed by atoms with Crippen LogP contribution in [0.25, 0.3) is 0 Å². The molecule has 0 aliphatic carbocycles. The number of anilines is 1. The van der Waals surface area contributed by atoms with Crippen molar-refractivity contribution in [2.75, 3.05) is 11.9 Å². The second-order valence-electron chi connectivity index (χ2n) is 6.33. The molecule has 0 spiro atoms. The molecular formula is C22H23N3O3. The van der Waals surface area contributed by atoms with Crippen LogP contribution in [-0.4, -0.2) is 24.3 Å². The lowest BCUT2D eigenvalue weighted by atomic mass is 10.1. The van der Waals surface area contributed by atoms with Crippen LogP contribution in [0.15, 0.2) is 64.8 Å². The molecule has 0 aromatic heterocycles. The first-order valence-corrected chi connectivity index (χ1v) is 9.26. The highest BCUT2D eigenvalue weighted by Crippen LogP contribution is 2.30. The summed E-state index contributed by atoms with van der Waals surface area (Å²) in [5, 5.41) is 5.97. The fourth-order valence-corrected chi connectivity index (χ4v) is 2.91. The van der Waals surface area contributed by atoms with Gasteiger partial charge in [0.2, 0.25) is 0 Å². The molecule has 144 valence electrons. The molecule has 0 unspecified atom stereocenters.